The number of aromatic nitrogens is 2. The number of nitrogens with one attached hydrogen (secondary N) is 1. The van der Waals surface area contributed by atoms with E-state index in [1.54, 1.807) is 6.20 Å². The maximum absolute atomic E-state index is 6.35. The number of rotatable bonds is 5. The zero-order chi connectivity index (χ0) is 13.0. The lowest BCUT2D eigenvalue weighted by molar-refractivity contribution is 0.270. The van der Waals surface area contributed by atoms with Crippen LogP contribution in [0.3, 0.4) is 0 Å². The average Bonchev–Trinajstić information content (AvgIpc) is 2.75. The fourth-order valence-corrected chi connectivity index (χ4v) is 3.39. The molecule has 1 saturated carbocycles. The lowest BCUT2D eigenvalue weighted by Gasteiger charge is -2.30. The Morgan fingerprint density at radius 3 is 2.78 bits per heavy atom. The summed E-state index contributed by atoms with van der Waals surface area (Å²) in [5, 5.41) is 8.70. The molecule has 0 bridgehead atoms. The van der Waals surface area contributed by atoms with Crippen molar-refractivity contribution in [3.8, 4) is 0 Å². The van der Waals surface area contributed by atoms with E-state index in [0.717, 1.165) is 18.0 Å². The van der Waals surface area contributed by atoms with Gasteiger partial charge in [0, 0.05) is 6.54 Å². The predicted molar refractivity (Wildman–Crippen MR) is 75.9 cm³/mol. The standard InChI is InChI=1S/C14H24ClN3/c1-3-9-18-14(12(15)10-17-18)13(16-2)11-7-5-4-6-8-11/h10-11,13,16H,3-9H2,1-2H3. The summed E-state index contributed by atoms with van der Waals surface area (Å²) < 4.78 is 2.08. The third kappa shape index (κ3) is 2.89. The van der Waals surface area contributed by atoms with Crippen molar-refractivity contribution >= 4 is 11.6 Å². The first kappa shape index (κ1) is 13.9. The predicted octanol–water partition coefficient (Wildman–Crippen LogP) is 3.79. The first-order chi connectivity index (χ1) is 8.77. The summed E-state index contributed by atoms with van der Waals surface area (Å²) >= 11 is 6.35. The van der Waals surface area contributed by atoms with Crippen molar-refractivity contribution in [2.75, 3.05) is 7.05 Å². The zero-order valence-corrected chi connectivity index (χ0v) is 12.2. The molecule has 1 atom stereocenters. The highest BCUT2D eigenvalue weighted by atomic mass is 35.5. The molecule has 18 heavy (non-hydrogen) atoms. The Balaban J connectivity index is 2.22. The summed E-state index contributed by atoms with van der Waals surface area (Å²) in [4.78, 5) is 0. The number of hydrogen-bond acceptors (Lipinski definition) is 2. The van der Waals surface area contributed by atoms with Crippen LogP contribution in [-0.4, -0.2) is 16.8 Å². The monoisotopic (exact) mass is 269 g/mol. The molecule has 4 heteroatoms. The normalized spacial score (nSPS) is 19.1. The molecule has 1 aromatic rings. The largest absolute Gasteiger partial charge is 0.311 e. The van der Waals surface area contributed by atoms with Crippen LogP contribution in [0.1, 0.15) is 57.2 Å². The van der Waals surface area contributed by atoms with Gasteiger partial charge in [0.15, 0.2) is 0 Å². The second-order valence-corrected chi connectivity index (χ2v) is 5.67. The maximum atomic E-state index is 6.35. The van der Waals surface area contributed by atoms with E-state index >= 15 is 0 Å². The van der Waals surface area contributed by atoms with E-state index < -0.39 is 0 Å². The lowest BCUT2D eigenvalue weighted by Crippen LogP contribution is -2.29. The van der Waals surface area contributed by atoms with Crippen molar-refractivity contribution < 1.29 is 0 Å². The van der Waals surface area contributed by atoms with Crippen LogP contribution in [0.25, 0.3) is 0 Å². The molecule has 1 aliphatic rings. The molecule has 3 nitrogen and oxygen atoms in total. The summed E-state index contributed by atoms with van der Waals surface area (Å²) in [7, 11) is 2.04. The fourth-order valence-electron chi connectivity index (χ4n) is 3.13. The van der Waals surface area contributed by atoms with Crippen LogP contribution in [-0.2, 0) is 6.54 Å². The molecule has 1 N–H and O–H groups in total. The number of nitrogens with zero attached hydrogens (tertiary/aromatic N) is 2. The minimum Gasteiger partial charge on any atom is -0.311 e. The molecule has 1 fully saturated rings. The molecule has 0 radical (unpaired) electrons. The van der Waals surface area contributed by atoms with E-state index in [4.69, 9.17) is 11.6 Å². The van der Waals surface area contributed by atoms with E-state index in [1.807, 2.05) is 7.05 Å². The molecule has 2 rings (SSSR count). The van der Waals surface area contributed by atoms with Gasteiger partial charge in [0.2, 0.25) is 0 Å². The van der Waals surface area contributed by atoms with Crippen LogP contribution < -0.4 is 5.32 Å². The summed E-state index contributed by atoms with van der Waals surface area (Å²) in [5.41, 5.74) is 1.19. The van der Waals surface area contributed by atoms with Gasteiger partial charge >= 0.3 is 0 Å². The molecule has 0 amide bonds. The van der Waals surface area contributed by atoms with Gasteiger partial charge in [-0.05, 0) is 32.2 Å². The van der Waals surface area contributed by atoms with Crippen molar-refractivity contribution in [2.45, 2.75) is 58.0 Å². The van der Waals surface area contributed by atoms with Crippen molar-refractivity contribution in [2.24, 2.45) is 5.92 Å². The Bertz CT molecular complexity index is 369. The van der Waals surface area contributed by atoms with Crippen molar-refractivity contribution in [3.05, 3.63) is 16.9 Å². The minimum absolute atomic E-state index is 0.354. The molecule has 0 aromatic carbocycles. The van der Waals surface area contributed by atoms with Gasteiger partial charge in [0.1, 0.15) is 0 Å². The third-order valence-electron chi connectivity index (χ3n) is 4.00. The molecule has 1 heterocycles. The van der Waals surface area contributed by atoms with Gasteiger partial charge in [0.25, 0.3) is 0 Å². The highest BCUT2D eigenvalue weighted by molar-refractivity contribution is 6.31. The van der Waals surface area contributed by atoms with E-state index in [1.165, 1.54) is 37.8 Å². The third-order valence-corrected chi connectivity index (χ3v) is 4.29. The second kappa shape index (κ2) is 6.58. The molecule has 102 valence electrons. The second-order valence-electron chi connectivity index (χ2n) is 5.27. The summed E-state index contributed by atoms with van der Waals surface area (Å²) in [6.07, 6.45) is 9.57. The van der Waals surface area contributed by atoms with Gasteiger partial charge < -0.3 is 5.32 Å². The first-order valence-corrected chi connectivity index (χ1v) is 7.54. The van der Waals surface area contributed by atoms with Gasteiger partial charge in [-0.15, -0.1) is 0 Å². The Hall–Kier alpha value is -0.540. The fraction of sp³-hybridized carbons (Fsp3) is 0.786. The van der Waals surface area contributed by atoms with Gasteiger partial charge in [0.05, 0.1) is 23.0 Å². The molecule has 1 aliphatic carbocycles. The summed E-state index contributed by atoms with van der Waals surface area (Å²) in [5.74, 6) is 0.702. The maximum Gasteiger partial charge on any atom is 0.0834 e. The molecular weight excluding hydrogens is 246 g/mol. The van der Waals surface area contributed by atoms with E-state index in [-0.39, 0.29) is 0 Å². The smallest absolute Gasteiger partial charge is 0.0834 e. The van der Waals surface area contributed by atoms with Crippen LogP contribution in [0.5, 0.6) is 0 Å². The highest BCUT2D eigenvalue weighted by Gasteiger charge is 2.28. The zero-order valence-electron chi connectivity index (χ0n) is 11.5. The number of hydrogen-bond donors (Lipinski definition) is 1. The summed E-state index contributed by atoms with van der Waals surface area (Å²) in [6.45, 7) is 3.13. The van der Waals surface area contributed by atoms with Crippen LogP contribution in [0.4, 0.5) is 0 Å². The number of aryl methyl sites for hydroxylation is 1. The molecule has 1 unspecified atom stereocenters. The van der Waals surface area contributed by atoms with Gasteiger partial charge in [-0.3, -0.25) is 4.68 Å². The average molecular weight is 270 g/mol. The summed E-state index contributed by atoms with van der Waals surface area (Å²) in [6, 6.07) is 0.354. The van der Waals surface area contributed by atoms with Crippen LogP contribution in [0.2, 0.25) is 5.02 Å². The van der Waals surface area contributed by atoms with Crippen molar-refractivity contribution in [1.29, 1.82) is 0 Å². The quantitative estimate of drug-likeness (QED) is 0.881. The molecule has 1 aromatic heterocycles. The van der Waals surface area contributed by atoms with E-state index in [2.05, 4.69) is 22.0 Å². The molecular formula is C14H24ClN3. The Morgan fingerprint density at radius 1 is 1.44 bits per heavy atom. The van der Waals surface area contributed by atoms with Crippen LogP contribution >= 0.6 is 11.6 Å². The highest BCUT2D eigenvalue weighted by Crippen LogP contribution is 2.36. The first-order valence-electron chi connectivity index (χ1n) is 7.16. The topological polar surface area (TPSA) is 29.9 Å². The Kier molecular flexibility index (Phi) is 5.07. The van der Waals surface area contributed by atoms with E-state index in [9.17, 15) is 0 Å². The Morgan fingerprint density at radius 2 is 2.17 bits per heavy atom. The molecule has 0 spiro atoms. The van der Waals surface area contributed by atoms with Gasteiger partial charge in [-0.1, -0.05) is 37.8 Å². The number of halogens is 1. The minimum atomic E-state index is 0.354. The SMILES string of the molecule is CCCn1ncc(Cl)c1C(NC)C1CCCCC1. The molecule has 0 aliphatic heterocycles. The van der Waals surface area contributed by atoms with Crippen LogP contribution in [0.15, 0.2) is 6.20 Å². The van der Waals surface area contributed by atoms with E-state index in [0.29, 0.717) is 12.0 Å². The lowest BCUT2D eigenvalue weighted by atomic mass is 9.82. The molecule has 0 saturated heterocycles. The van der Waals surface area contributed by atoms with Gasteiger partial charge in [-0.2, -0.15) is 5.10 Å². The van der Waals surface area contributed by atoms with Gasteiger partial charge in [-0.25, -0.2) is 0 Å². The van der Waals surface area contributed by atoms with Crippen molar-refractivity contribution in [3.63, 3.8) is 0 Å². The van der Waals surface area contributed by atoms with Crippen molar-refractivity contribution in [1.82, 2.24) is 15.1 Å². The van der Waals surface area contributed by atoms with Crippen LogP contribution in [0, 0.1) is 5.92 Å². The Labute approximate surface area is 115 Å².